The van der Waals surface area contributed by atoms with Crippen molar-refractivity contribution in [2.75, 3.05) is 0 Å². The Balaban J connectivity index is 1.90. The Kier molecular flexibility index (Phi) is 4.84. The van der Waals surface area contributed by atoms with Crippen LogP contribution in [0.5, 0.6) is 5.88 Å². The summed E-state index contributed by atoms with van der Waals surface area (Å²) in [5.41, 5.74) is 2.57. The molecule has 0 bridgehead atoms. The second kappa shape index (κ2) is 6.88. The number of hydrogen-bond donors (Lipinski definition) is 2. The fourth-order valence-corrected chi connectivity index (χ4v) is 3.89. The summed E-state index contributed by atoms with van der Waals surface area (Å²) in [7, 11) is 0. The van der Waals surface area contributed by atoms with Gasteiger partial charge in [0.25, 0.3) is 0 Å². The van der Waals surface area contributed by atoms with Crippen molar-refractivity contribution in [3.05, 3.63) is 37.6 Å². The lowest BCUT2D eigenvalue weighted by Gasteiger charge is -2.03. The Labute approximate surface area is 152 Å². The molecule has 1 aliphatic heterocycles. The van der Waals surface area contributed by atoms with E-state index < -0.39 is 5.97 Å². The van der Waals surface area contributed by atoms with Gasteiger partial charge in [-0.25, -0.2) is 0 Å². The van der Waals surface area contributed by atoms with Crippen molar-refractivity contribution in [3.63, 3.8) is 0 Å². The van der Waals surface area contributed by atoms with Gasteiger partial charge in [-0.05, 0) is 42.9 Å². The number of nitrogens with zero attached hydrogens (tertiary/aromatic N) is 2. The van der Waals surface area contributed by atoms with E-state index in [0.29, 0.717) is 26.8 Å². The molecule has 2 aromatic rings. The zero-order chi connectivity index (χ0) is 17.3. The molecule has 24 heavy (non-hydrogen) atoms. The molecule has 1 aromatic carbocycles. The van der Waals surface area contributed by atoms with E-state index in [0.717, 1.165) is 16.8 Å². The molecule has 2 N–H and O–H groups in total. The minimum atomic E-state index is -0.866. The van der Waals surface area contributed by atoms with Gasteiger partial charge in [0.05, 0.1) is 10.6 Å². The number of rotatable bonds is 5. The van der Waals surface area contributed by atoms with Gasteiger partial charge in [-0.3, -0.25) is 14.4 Å². The normalized spacial score (nSPS) is 14.3. The zero-order valence-corrected chi connectivity index (χ0v) is 14.8. The molecule has 2 heterocycles. The van der Waals surface area contributed by atoms with Crippen LogP contribution >= 0.6 is 35.2 Å². The Morgan fingerprint density at radius 2 is 2.25 bits per heavy atom. The first kappa shape index (κ1) is 16.9. The van der Waals surface area contributed by atoms with Crippen LogP contribution in [-0.4, -0.2) is 27.0 Å². The summed E-state index contributed by atoms with van der Waals surface area (Å²) in [6.07, 6.45) is 3.98. The van der Waals surface area contributed by atoms with E-state index in [2.05, 4.69) is 4.99 Å². The van der Waals surface area contributed by atoms with E-state index in [1.165, 1.54) is 11.3 Å². The second-order valence-electron chi connectivity index (χ2n) is 5.22. The van der Waals surface area contributed by atoms with E-state index in [-0.39, 0.29) is 12.3 Å². The van der Waals surface area contributed by atoms with Gasteiger partial charge in [0.15, 0.2) is 3.95 Å². The third-order valence-electron chi connectivity index (χ3n) is 3.56. The van der Waals surface area contributed by atoms with E-state index in [4.69, 9.17) is 28.9 Å². The number of fused-ring (bicyclic) bond motifs is 1. The number of carbonyl (C=O) groups is 1. The molecule has 124 valence electrons. The highest BCUT2D eigenvalue weighted by Gasteiger charge is 2.16. The summed E-state index contributed by atoms with van der Waals surface area (Å²) in [5.74, 6) is -0.819. The number of carboxylic acid groups (broad SMARTS) is 1. The van der Waals surface area contributed by atoms with Crippen molar-refractivity contribution in [3.8, 4) is 5.88 Å². The van der Waals surface area contributed by atoms with Crippen molar-refractivity contribution in [1.29, 1.82) is 0 Å². The molecule has 8 heteroatoms. The Morgan fingerprint density at radius 3 is 3.00 bits per heavy atom. The van der Waals surface area contributed by atoms with Gasteiger partial charge in [-0.2, -0.15) is 0 Å². The number of aliphatic carboxylic acids is 1. The van der Waals surface area contributed by atoms with Crippen LogP contribution in [0.3, 0.4) is 0 Å². The van der Waals surface area contributed by atoms with Crippen LogP contribution in [-0.2, 0) is 11.3 Å². The van der Waals surface area contributed by atoms with Crippen molar-refractivity contribution < 1.29 is 15.0 Å². The number of aromatic nitrogens is 1. The average Bonchev–Trinajstić information content (AvgIpc) is 3.03. The van der Waals surface area contributed by atoms with Crippen molar-refractivity contribution >= 4 is 64.7 Å². The first-order valence-corrected chi connectivity index (χ1v) is 8.76. The zero-order valence-electron chi connectivity index (χ0n) is 12.4. The minimum Gasteiger partial charge on any atom is -0.493 e. The smallest absolute Gasteiger partial charge is 0.303 e. The Morgan fingerprint density at radius 1 is 1.46 bits per heavy atom. The van der Waals surface area contributed by atoms with Crippen LogP contribution in [0.1, 0.15) is 23.3 Å². The number of aromatic hydroxyl groups is 1. The van der Waals surface area contributed by atoms with Gasteiger partial charge >= 0.3 is 5.97 Å². The first-order chi connectivity index (χ1) is 11.5. The van der Waals surface area contributed by atoms with Gasteiger partial charge in [0.2, 0.25) is 5.88 Å². The van der Waals surface area contributed by atoms with Gasteiger partial charge < -0.3 is 10.2 Å². The number of halogens is 1. The first-order valence-electron chi connectivity index (χ1n) is 7.16. The number of allylic oxidation sites excluding steroid dienone is 1. The number of thiazole rings is 1. The number of aliphatic imine (C=N–C) groups is 1. The fourth-order valence-electron chi connectivity index (χ4n) is 2.41. The lowest BCUT2D eigenvalue weighted by molar-refractivity contribution is -0.137. The minimum absolute atomic E-state index is 0.0337. The molecular formula is C16H13ClN2O3S2. The quantitative estimate of drug-likeness (QED) is 0.733. The topological polar surface area (TPSA) is 74.8 Å². The van der Waals surface area contributed by atoms with Crippen LogP contribution in [0.4, 0.5) is 5.69 Å². The van der Waals surface area contributed by atoms with E-state index >= 15 is 0 Å². The van der Waals surface area contributed by atoms with Crippen molar-refractivity contribution in [2.24, 2.45) is 4.99 Å². The highest BCUT2D eigenvalue weighted by molar-refractivity contribution is 7.73. The van der Waals surface area contributed by atoms with Crippen LogP contribution < -0.4 is 0 Å². The summed E-state index contributed by atoms with van der Waals surface area (Å²) in [5, 5.41) is 19.7. The lowest BCUT2D eigenvalue weighted by Crippen LogP contribution is -2.01. The summed E-state index contributed by atoms with van der Waals surface area (Å²) in [6.45, 7) is 0.368. The van der Waals surface area contributed by atoms with Gasteiger partial charge in [0.1, 0.15) is 0 Å². The van der Waals surface area contributed by atoms with E-state index in [1.54, 1.807) is 16.8 Å². The van der Waals surface area contributed by atoms with Crippen LogP contribution in [0.25, 0.3) is 11.6 Å². The third-order valence-corrected chi connectivity index (χ3v) is 5.19. The number of carboxylic acids is 1. The molecule has 0 atom stereocenters. The average molecular weight is 381 g/mol. The molecule has 0 amide bonds. The van der Waals surface area contributed by atoms with Crippen LogP contribution in [0.15, 0.2) is 23.2 Å². The molecule has 1 aromatic heterocycles. The molecule has 0 saturated carbocycles. The SMILES string of the molecule is O=C(O)CCCn1c(O)c(/C=C2\C=Nc3ccc(Cl)cc32)sc1=S. The second-order valence-corrected chi connectivity index (χ2v) is 7.34. The van der Waals surface area contributed by atoms with E-state index in [9.17, 15) is 9.90 Å². The van der Waals surface area contributed by atoms with Crippen LogP contribution in [0.2, 0.25) is 5.02 Å². The van der Waals surface area contributed by atoms with E-state index in [1.807, 2.05) is 18.2 Å². The molecule has 0 spiro atoms. The van der Waals surface area contributed by atoms with Gasteiger partial charge in [0, 0.05) is 35.3 Å². The molecular weight excluding hydrogens is 368 g/mol. The maximum absolute atomic E-state index is 10.6. The highest BCUT2D eigenvalue weighted by atomic mass is 35.5. The van der Waals surface area contributed by atoms with Crippen molar-refractivity contribution in [1.82, 2.24) is 4.57 Å². The number of benzene rings is 1. The predicted molar refractivity (Wildman–Crippen MR) is 99.2 cm³/mol. The standard InChI is InChI=1S/C16H13ClN2O3S2/c17-10-3-4-12-11(7-10)9(8-18-12)6-13-15(22)19(16(23)24-13)5-1-2-14(20)21/h3-4,6-8,22H,1-2,5H2,(H,20,21)/b9-6+. The lowest BCUT2D eigenvalue weighted by atomic mass is 10.1. The number of hydrogen-bond acceptors (Lipinski definition) is 5. The molecule has 0 aliphatic carbocycles. The van der Waals surface area contributed by atoms with Gasteiger partial charge in [-0.1, -0.05) is 11.6 Å². The summed E-state index contributed by atoms with van der Waals surface area (Å²) in [6, 6.07) is 5.45. The predicted octanol–water partition coefficient (Wildman–Crippen LogP) is 4.76. The molecule has 3 rings (SSSR count). The molecule has 5 nitrogen and oxygen atoms in total. The Hall–Kier alpha value is -1.96. The molecule has 0 fully saturated rings. The molecule has 1 aliphatic rings. The third kappa shape index (κ3) is 3.43. The van der Waals surface area contributed by atoms with Crippen molar-refractivity contribution in [2.45, 2.75) is 19.4 Å². The molecule has 0 saturated heterocycles. The highest BCUT2D eigenvalue weighted by Crippen LogP contribution is 2.37. The molecule has 0 unspecified atom stereocenters. The largest absolute Gasteiger partial charge is 0.493 e. The maximum atomic E-state index is 10.6. The summed E-state index contributed by atoms with van der Waals surface area (Å²) >= 11 is 12.6. The fraction of sp³-hybridized carbons (Fsp3) is 0.188. The molecule has 0 radical (unpaired) electrons. The summed E-state index contributed by atoms with van der Waals surface area (Å²) in [4.78, 5) is 15.5. The monoisotopic (exact) mass is 380 g/mol. The van der Waals surface area contributed by atoms with Crippen LogP contribution in [0, 0.1) is 3.95 Å². The summed E-state index contributed by atoms with van der Waals surface area (Å²) < 4.78 is 2.06. The Bertz CT molecular complexity index is 928. The van der Waals surface area contributed by atoms with Gasteiger partial charge in [-0.15, -0.1) is 11.3 Å². The maximum Gasteiger partial charge on any atom is 0.303 e.